The summed E-state index contributed by atoms with van der Waals surface area (Å²) in [6.07, 6.45) is 4.09. The highest BCUT2D eigenvalue weighted by atomic mass is 16.5. The molecule has 0 saturated carbocycles. The van der Waals surface area contributed by atoms with Crippen molar-refractivity contribution in [3.8, 4) is 28.5 Å². The molecule has 0 bridgehead atoms. The highest BCUT2D eigenvalue weighted by molar-refractivity contribution is 5.98. The van der Waals surface area contributed by atoms with Gasteiger partial charge < -0.3 is 24.7 Å². The van der Waals surface area contributed by atoms with Crippen molar-refractivity contribution < 1.29 is 19.1 Å². The van der Waals surface area contributed by atoms with Gasteiger partial charge in [0.25, 0.3) is 5.91 Å². The zero-order valence-electron chi connectivity index (χ0n) is 20.4. The summed E-state index contributed by atoms with van der Waals surface area (Å²) >= 11 is 0. The zero-order valence-corrected chi connectivity index (χ0v) is 20.4. The number of hydrogen-bond acceptors (Lipinski definition) is 5. The third-order valence-electron chi connectivity index (χ3n) is 7.23. The van der Waals surface area contributed by atoms with Crippen LogP contribution in [0.1, 0.15) is 41.5 Å². The van der Waals surface area contributed by atoms with E-state index in [-0.39, 0.29) is 11.8 Å². The van der Waals surface area contributed by atoms with Crippen molar-refractivity contribution in [1.82, 2.24) is 14.5 Å². The molecule has 1 atom stereocenters. The van der Waals surface area contributed by atoms with Gasteiger partial charge in [-0.2, -0.15) is 0 Å². The molecular weight excluding hydrogens is 456 g/mol. The Morgan fingerprint density at radius 3 is 2.47 bits per heavy atom. The molecule has 3 aromatic rings. The predicted molar refractivity (Wildman–Crippen MR) is 136 cm³/mol. The molecule has 186 valence electrons. The van der Waals surface area contributed by atoms with E-state index in [1.54, 1.807) is 7.11 Å². The van der Waals surface area contributed by atoms with Crippen LogP contribution in [0.4, 0.5) is 0 Å². The van der Waals surface area contributed by atoms with Crippen molar-refractivity contribution in [2.24, 2.45) is 11.7 Å². The maximum atomic E-state index is 12.6. The summed E-state index contributed by atoms with van der Waals surface area (Å²) in [5, 5.41) is 0. The number of benzene rings is 2. The lowest BCUT2D eigenvalue weighted by Gasteiger charge is -2.33. The summed E-state index contributed by atoms with van der Waals surface area (Å²) < 4.78 is 13.6. The molecule has 2 N–H and O–H groups in total. The summed E-state index contributed by atoms with van der Waals surface area (Å²) in [4.78, 5) is 31.3. The van der Waals surface area contributed by atoms with Crippen LogP contribution in [-0.2, 0) is 11.3 Å². The van der Waals surface area contributed by atoms with Gasteiger partial charge in [0, 0.05) is 31.1 Å². The van der Waals surface area contributed by atoms with E-state index in [4.69, 9.17) is 20.2 Å². The van der Waals surface area contributed by atoms with Gasteiger partial charge >= 0.3 is 0 Å². The number of amides is 2. The number of likely N-dealkylation sites (tertiary alicyclic amines) is 1. The molecule has 8 nitrogen and oxygen atoms in total. The predicted octanol–water partition coefficient (Wildman–Crippen LogP) is 4.36. The number of hydrogen-bond donors (Lipinski definition) is 1. The van der Waals surface area contributed by atoms with Gasteiger partial charge in [-0.1, -0.05) is 24.8 Å². The average molecular weight is 487 g/mol. The van der Waals surface area contributed by atoms with Crippen molar-refractivity contribution in [1.29, 1.82) is 0 Å². The molecule has 0 spiro atoms. The molecular formula is C28H30N4O4. The number of piperidine rings is 1. The van der Waals surface area contributed by atoms with Crippen LogP contribution in [0.25, 0.3) is 11.3 Å². The quantitative estimate of drug-likeness (QED) is 0.500. The number of para-hydroxylation sites is 1. The van der Waals surface area contributed by atoms with Crippen LogP contribution in [0, 0.1) is 5.92 Å². The van der Waals surface area contributed by atoms with Gasteiger partial charge in [0.05, 0.1) is 7.11 Å². The smallest absolute Gasteiger partial charge is 0.267 e. The summed E-state index contributed by atoms with van der Waals surface area (Å²) in [5.74, 6) is 2.80. The second kappa shape index (κ2) is 9.89. The van der Waals surface area contributed by atoms with Crippen LogP contribution >= 0.6 is 0 Å². The number of imidazole rings is 1. The number of nitrogens with two attached hydrogens (primary N) is 1. The van der Waals surface area contributed by atoms with Gasteiger partial charge in [-0.3, -0.25) is 9.59 Å². The first kappa shape index (κ1) is 23.7. The molecule has 36 heavy (non-hydrogen) atoms. The zero-order chi connectivity index (χ0) is 25.2. The Morgan fingerprint density at radius 2 is 1.81 bits per heavy atom. The Bertz CT molecular complexity index is 1290. The lowest BCUT2D eigenvalue weighted by Crippen LogP contribution is -2.38. The van der Waals surface area contributed by atoms with Crippen molar-refractivity contribution in [3.63, 3.8) is 0 Å². The van der Waals surface area contributed by atoms with Crippen LogP contribution in [-0.4, -0.2) is 46.5 Å². The molecule has 2 aromatic carbocycles. The van der Waals surface area contributed by atoms with Crippen molar-refractivity contribution in [2.75, 3.05) is 20.2 Å². The minimum absolute atomic E-state index is 0.0201. The molecule has 2 aliphatic heterocycles. The minimum Gasteiger partial charge on any atom is -0.493 e. The van der Waals surface area contributed by atoms with Crippen molar-refractivity contribution in [2.45, 2.75) is 31.7 Å². The van der Waals surface area contributed by atoms with Crippen LogP contribution < -0.4 is 15.2 Å². The third-order valence-corrected chi connectivity index (χ3v) is 7.23. The van der Waals surface area contributed by atoms with Crippen LogP contribution in [0.3, 0.4) is 0 Å². The van der Waals surface area contributed by atoms with Crippen molar-refractivity contribution >= 4 is 11.8 Å². The molecule has 1 unspecified atom stereocenters. The summed E-state index contributed by atoms with van der Waals surface area (Å²) in [5.41, 5.74) is 7.58. The van der Waals surface area contributed by atoms with Gasteiger partial charge in [0.1, 0.15) is 23.0 Å². The van der Waals surface area contributed by atoms with Crippen LogP contribution in [0.5, 0.6) is 17.2 Å². The Hall–Kier alpha value is -4.07. The van der Waals surface area contributed by atoms with E-state index in [0.717, 1.165) is 30.7 Å². The Balaban J connectivity index is 1.44. The van der Waals surface area contributed by atoms with E-state index >= 15 is 0 Å². The lowest BCUT2D eigenvalue weighted by molar-refractivity contribution is -0.127. The summed E-state index contributed by atoms with van der Waals surface area (Å²) in [6, 6.07) is 15.0. The van der Waals surface area contributed by atoms with E-state index in [1.165, 1.54) is 6.08 Å². The van der Waals surface area contributed by atoms with E-state index < -0.39 is 5.91 Å². The summed E-state index contributed by atoms with van der Waals surface area (Å²) in [6.45, 7) is 5.71. The highest BCUT2D eigenvalue weighted by Gasteiger charge is 2.37. The molecule has 0 radical (unpaired) electrons. The first-order valence-corrected chi connectivity index (χ1v) is 12.2. The largest absolute Gasteiger partial charge is 0.493 e. The highest BCUT2D eigenvalue weighted by Crippen LogP contribution is 2.43. The number of aromatic nitrogens is 2. The standard InChI is InChI=1S/C28H30N4O4/c1-3-24(33)31-14-11-18(12-15-31)21-13-16-32-26(27(29)34)25(30-28(21)32)19-9-10-22(23(17-19)35-2)36-20-7-5-4-6-8-20/h3-10,17-18,21H,1,11-16H2,2H3,(H2,29,34). The minimum atomic E-state index is -0.501. The molecule has 5 rings (SSSR count). The van der Waals surface area contributed by atoms with Gasteiger partial charge in [0.15, 0.2) is 11.5 Å². The number of ether oxygens (including phenoxy) is 2. The molecule has 3 heterocycles. The van der Waals surface area contributed by atoms with Gasteiger partial charge in [-0.15, -0.1) is 0 Å². The van der Waals surface area contributed by atoms with Crippen LogP contribution in [0.15, 0.2) is 61.2 Å². The Labute approximate surface area is 210 Å². The van der Waals surface area contributed by atoms with E-state index in [0.29, 0.717) is 54.2 Å². The van der Waals surface area contributed by atoms with E-state index in [1.807, 2.05) is 58.0 Å². The molecule has 1 fully saturated rings. The number of fused-ring (bicyclic) bond motifs is 1. The molecule has 1 saturated heterocycles. The summed E-state index contributed by atoms with van der Waals surface area (Å²) in [7, 11) is 1.58. The molecule has 2 aliphatic rings. The number of primary amides is 1. The van der Waals surface area contributed by atoms with Crippen molar-refractivity contribution in [3.05, 3.63) is 72.7 Å². The fourth-order valence-corrected chi connectivity index (χ4v) is 5.44. The number of carbonyl (C=O) groups is 2. The monoisotopic (exact) mass is 486 g/mol. The fraction of sp³-hybridized carbons (Fsp3) is 0.321. The molecule has 8 heteroatoms. The maximum Gasteiger partial charge on any atom is 0.267 e. The van der Waals surface area contributed by atoms with Gasteiger partial charge in [0.2, 0.25) is 5.91 Å². The molecule has 0 aliphatic carbocycles. The molecule has 2 amide bonds. The number of carbonyl (C=O) groups excluding carboxylic acids is 2. The number of rotatable bonds is 7. The van der Waals surface area contributed by atoms with Gasteiger partial charge in [-0.25, -0.2) is 4.98 Å². The Morgan fingerprint density at radius 1 is 1.06 bits per heavy atom. The maximum absolute atomic E-state index is 12.6. The normalized spacial score (nSPS) is 17.5. The third kappa shape index (κ3) is 4.34. The topological polar surface area (TPSA) is 99.7 Å². The van der Waals surface area contributed by atoms with Gasteiger partial charge in [-0.05, 0) is 61.6 Å². The SMILES string of the molecule is C=CC(=O)N1CCC(C2CCn3c2nc(-c2ccc(Oc4ccccc4)c(OC)c2)c3C(N)=O)CC1. The van der Waals surface area contributed by atoms with E-state index in [9.17, 15) is 9.59 Å². The lowest BCUT2D eigenvalue weighted by atomic mass is 9.83. The average Bonchev–Trinajstić information content (AvgIpc) is 3.48. The number of nitrogens with zero attached hydrogens (tertiary/aromatic N) is 3. The molecule has 1 aromatic heterocycles. The second-order valence-corrected chi connectivity index (χ2v) is 9.23. The van der Waals surface area contributed by atoms with Crippen LogP contribution in [0.2, 0.25) is 0 Å². The van der Waals surface area contributed by atoms with E-state index in [2.05, 4.69) is 6.58 Å². The Kier molecular flexibility index (Phi) is 6.50. The second-order valence-electron chi connectivity index (χ2n) is 9.23. The number of methoxy groups -OCH3 is 1. The fourth-order valence-electron chi connectivity index (χ4n) is 5.44. The first-order chi connectivity index (χ1) is 17.5. The first-order valence-electron chi connectivity index (χ1n) is 12.2.